The van der Waals surface area contributed by atoms with Crippen LogP contribution in [0.25, 0.3) is 10.4 Å². The molecule has 0 amide bonds. The average molecular weight is 545 g/mol. The molecule has 3 heterocycles. The predicted octanol–water partition coefficient (Wildman–Crippen LogP) is -6.93. The second-order valence-corrected chi connectivity index (χ2v) is 8.70. The van der Waals surface area contributed by atoms with E-state index in [1.54, 1.807) is 0 Å². The molecular weight excluding hydrogens is 514 g/mol. The number of rotatable bonds is 8. The molecule has 0 bridgehead atoms. The Morgan fingerprint density at radius 3 is 1.84 bits per heavy atom. The normalized spacial score (nSPS) is 50.9. The van der Waals surface area contributed by atoms with Gasteiger partial charge in [-0.1, -0.05) is 0 Å². The lowest BCUT2D eigenvalue weighted by atomic mass is 9.94. The van der Waals surface area contributed by atoms with Gasteiger partial charge in [-0.05, 0) is 10.6 Å². The Balaban J connectivity index is 1.84. The highest BCUT2D eigenvalue weighted by molar-refractivity contribution is 5.00. The highest BCUT2D eigenvalue weighted by Crippen LogP contribution is 2.37. The van der Waals surface area contributed by atoms with Crippen LogP contribution in [-0.2, 0) is 23.7 Å². The Morgan fingerprint density at radius 1 is 0.703 bits per heavy atom. The van der Waals surface area contributed by atoms with E-state index in [0.717, 1.165) is 0 Å². The maximum Gasteiger partial charge on any atom is 0.279 e. The van der Waals surface area contributed by atoms with E-state index in [9.17, 15) is 56.2 Å². The first kappa shape index (κ1) is 30.2. The van der Waals surface area contributed by atoms with E-state index in [1.807, 2.05) is 0 Å². The maximum atomic E-state index is 10.8. The minimum absolute atomic E-state index is 0.809. The van der Waals surface area contributed by atoms with Gasteiger partial charge in [0.2, 0.25) is 0 Å². The number of hydrogen-bond acceptors (Lipinski definition) is 17. The van der Waals surface area contributed by atoms with Gasteiger partial charge >= 0.3 is 0 Å². The number of hydrogen-bond donors (Lipinski definition) is 11. The van der Waals surface area contributed by atoms with Crippen molar-refractivity contribution in [3.05, 3.63) is 10.4 Å². The van der Waals surface area contributed by atoms with Crippen LogP contribution in [0.3, 0.4) is 0 Å². The third-order valence-corrected chi connectivity index (χ3v) is 6.37. The summed E-state index contributed by atoms with van der Waals surface area (Å²) < 4.78 is 26.4. The smallest absolute Gasteiger partial charge is 0.279 e. The van der Waals surface area contributed by atoms with Gasteiger partial charge in [0.15, 0.2) is 12.6 Å². The summed E-state index contributed by atoms with van der Waals surface area (Å²) in [6.07, 6.45) is -25.9. The van der Waals surface area contributed by atoms with Crippen LogP contribution in [-0.4, -0.2) is 168 Å². The van der Waals surface area contributed by atoms with Crippen LogP contribution in [0.2, 0.25) is 0 Å². The summed E-state index contributed by atoms with van der Waals surface area (Å²) in [5.74, 6) is -2.88. The number of nitrogens with zero attached hydrogens (tertiary/aromatic N) is 3. The van der Waals surface area contributed by atoms with Gasteiger partial charge in [-0.25, -0.2) is 0 Å². The molecule has 37 heavy (non-hydrogen) atoms. The monoisotopic (exact) mass is 545 g/mol. The van der Waals surface area contributed by atoms with Crippen LogP contribution in [0.15, 0.2) is 5.11 Å². The van der Waals surface area contributed by atoms with Gasteiger partial charge in [-0.2, -0.15) is 0 Å². The van der Waals surface area contributed by atoms with E-state index in [2.05, 4.69) is 10.0 Å². The zero-order valence-electron chi connectivity index (χ0n) is 19.0. The minimum atomic E-state index is -2.88. The fourth-order valence-electron chi connectivity index (χ4n) is 4.29. The average Bonchev–Trinajstić information content (AvgIpc) is 2.89. The minimum Gasteiger partial charge on any atom is -0.394 e. The van der Waals surface area contributed by atoms with E-state index in [-0.39, 0.29) is 0 Å². The van der Waals surface area contributed by atoms with Crippen molar-refractivity contribution < 1.29 is 79.9 Å². The Hall–Kier alpha value is -1.33. The Morgan fingerprint density at radius 2 is 1.27 bits per heavy atom. The van der Waals surface area contributed by atoms with Crippen LogP contribution < -0.4 is 0 Å². The standard InChI is InChI=1S/C18H31N3O16/c19-21-20-18(15(31)10(28)7(25)4(1-22)36-18)37-14-6(3-24)34-17(12(30)9(14)27)35-13-5(2-23)33-16(32)11(29)8(13)26/h4-17,22-32H,1-3H2/t4-,5-,6-,7-,8-,9-,10+,11-,12-,13-,14-,15-,16+,17?,18?/m1/s1. The molecule has 0 aliphatic carbocycles. The largest absolute Gasteiger partial charge is 0.394 e. The summed E-state index contributed by atoms with van der Waals surface area (Å²) >= 11 is 0. The second-order valence-electron chi connectivity index (χ2n) is 8.70. The first-order valence-corrected chi connectivity index (χ1v) is 11.1. The molecule has 0 spiro atoms. The van der Waals surface area contributed by atoms with Crippen molar-refractivity contribution in [1.82, 2.24) is 0 Å². The number of aliphatic hydroxyl groups excluding tert-OH is 11. The molecule has 3 fully saturated rings. The molecule has 0 radical (unpaired) electrons. The van der Waals surface area contributed by atoms with Crippen LogP contribution >= 0.6 is 0 Å². The van der Waals surface area contributed by atoms with Crippen molar-refractivity contribution in [3.63, 3.8) is 0 Å². The Labute approximate surface area is 207 Å². The van der Waals surface area contributed by atoms with Gasteiger partial charge in [-0.3, -0.25) is 0 Å². The van der Waals surface area contributed by atoms with Crippen molar-refractivity contribution in [1.29, 1.82) is 0 Å². The summed E-state index contributed by atoms with van der Waals surface area (Å²) in [5.41, 5.74) is 8.99. The summed E-state index contributed by atoms with van der Waals surface area (Å²) in [6, 6.07) is 0. The molecular formula is C18H31N3O16. The highest BCUT2D eigenvalue weighted by atomic mass is 16.8. The molecule has 3 aliphatic rings. The molecule has 3 rings (SSSR count). The molecule has 0 aromatic heterocycles. The topological polar surface area (TPSA) is 317 Å². The summed E-state index contributed by atoms with van der Waals surface area (Å²) in [4.78, 5) is 2.46. The Bertz CT molecular complexity index is 801. The number of aliphatic hydroxyl groups is 11. The van der Waals surface area contributed by atoms with Gasteiger partial charge in [0, 0.05) is 4.91 Å². The van der Waals surface area contributed by atoms with Gasteiger partial charge in [0.1, 0.15) is 73.2 Å². The molecule has 2 unspecified atom stereocenters. The van der Waals surface area contributed by atoms with E-state index in [0.29, 0.717) is 0 Å². The summed E-state index contributed by atoms with van der Waals surface area (Å²) in [5, 5.41) is 114. The first-order chi connectivity index (χ1) is 17.5. The van der Waals surface area contributed by atoms with E-state index in [1.165, 1.54) is 0 Å². The first-order valence-electron chi connectivity index (χ1n) is 11.1. The van der Waals surface area contributed by atoms with Crippen LogP contribution in [0, 0.1) is 0 Å². The highest BCUT2D eigenvalue weighted by Gasteiger charge is 2.59. The third kappa shape index (κ3) is 5.69. The maximum absolute atomic E-state index is 10.8. The molecule has 0 aromatic carbocycles. The molecule has 3 aliphatic heterocycles. The lowest BCUT2D eigenvalue weighted by Gasteiger charge is -2.50. The van der Waals surface area contributed by atoms with Crippen molar-refractivity contribution in [2.24, 2.45) is 5.11 Å². The van der Waals surface area contributed by atoms with Crippen molar-refractivity contribution in [3.8, 4) is 0 Å². The summed E-state index contributed by atoms with van der Waals surface area (Å²) in [6.45, 7) is -2.70. The van der Waals surface area contributed by atoms with Gasteiger partial charge in [-0.15, -0.1) is 0 Å². The molecule has 3 saturated heterocycles. The third-order valence-electron chi connectivity index (χ3n) is 6.37. The quantitative estimate of drug-likeness (QED) is 0.0766. The van der Waals surface area contributed by atoms with Crippen molar-refractivity contribution in [2.45, 2.75) is 91.7 Å². The lowest BCUT2D eigenvalue weighted by Crippen LogP contribution is -2.69. The number of ether oxygens (including phenoxy) is 5. The van der Waals surface area contributed by atoms with Crippen LogP contribution in [0.1, 0.15) is 0 Å². The van der Waals surface area contributed by atoms with Crippen molar-refractivity contribution in [2.75, 3.05) is 19.8 Å². The Kier molecular flexibility index (Phi) is 9.99. The summed E-state index contributed by atoms with van der Waals surface area (Å²) in [7, 11) is 0. The fraction of sp³-hybridized carbons (Fsp3) is 1.00. The van der Waals surface area contributed by atoms with Gasteiger partial charge in [0.25, 0.3) is 5.91 Å². The van der Waals surface area contributed by atoms with E-state index >= 15 is 0 Å². The fourth-order valence-corrected chi connectivity index (χ4v) is 4.29. The molecule has 214 valence electrons. The number of azide groups is 1. The molecule has 0 saturated carbocycles. The molecule has 11 N–H and O–H groups in total. The molecule has 15 atom stereocenters. The lowest BCUT2D eigenvalue weighted by molar-refractivity contribution is -0.408. The SMILES string of the molecule is [N-]=[N+]=NC1(O[C@H]2[C@H](O)[C@@H](O)C(O[C@H]3[C@H](O)[C@@H](O)[C@@H](O)O[C@@H]3CO)O[C@@H]2CO)O[C@H](CO)[C@@H](O)[C@H](O)[C@H]1O. The van der Waals surface area contributed by atoms with Gasteiger partial charge < -0.3 is 79.9 Å². The molecule has 0 aromatic rings. The zero-order valence-corrected chi connectivity index (χ0v) is 19.0. The van der Waals surface area contributed by atoms with Crippen LogP contribution in [0.4, 0.5) is 0 Å². The molecule has 19 nitrogen and oxygen atoms in total. The van der Waals surface area contributed by atoms with Crippen molar-refractivity contribution >= 4 is 0 Å². The van der Waals surface area contributed by atoms with Crippen LogP contribution in [0.5, 0.6) is 0 Å². The van der Waals surface area contributed by atoms with E-state index in [4.69, 9.17) is 29.2 Å². The zero-order chi connectivity index (χ0) is 27.7. The second kappa shape index (κ2) is 12.2. The van der Waals surface area contributed by atoms with E-state index < -0.39 is 112 Å². The van der Waals surface area contributed by atoms with Gasteiger partial charge in [0.05, 0.1) is 19.8 Å². The predicted molar refractivity (Wildman–Crippen MR) is 109 cm³/mol. The molecule has 19 heteroatoms.